The van der Waals surface area contributed by atoms with Crippen molar-refractivity contribution in [3.8, 4) is 5.75 Å². The van der Waals surface area contributed by atoms with Gasteiger partial charge in [0.15, 0.2) is 0 Å². The first-order valence-corrected chi connectivity index (χ1v) is 8.13. The third-order valence-electron chi connectivity index (χ3n) is 4.32. The Hall–Kier alpha value is -3.61. The maximum absolute atomic E-state index is 12.6. The molecule has 1 aliphatic heterocycles. The van der Waals surface area contributed by atoms with E-state index in [0.29, 0.717) is 11.1 Å². The number of aliphatic hydroxyl groups is 1. The minimum Gasteiger partial charge on any atom is -0.508 e. The molecule has 1 unspecified atom stereocenters. The summed E-state index contributed by atoms with van der Waals surface area (Å²) in [4.78, 5) is 38.0. The molecule has 2 aromatic carbocycles. The molecule has 2 N–H and O–H groups in total. The van der Waals surface area contributed by atoms with Crippen LogP contribution >= 0.6 is 0 Å². The van der Waals surface area contributed by atoms with Crippen LogP contribution in [0.4, 0.5) is 0 Å². The molecule has 7 nitrogen and oxygen atoms in total. The van der Waals surface area contributed by atoms with Crippen LogP contribution in [0.2, 0.25) is 0 Å². The highest BCUT2D eigenvalue weighted by molar-refractivity contribution is 6.46. The van der Waals surface area contributed by atoms with Gasteiger partial charge in [-0.3, -0.25) is 14.4 Å². The molecule has 1 amide bonds. The van der Waals surface area contributed by atoms with E-state index in [9.17, 15) is 24.6 Å². The lowest BCUT2D eigenvalue weighted by atomic mass is 9.95. The summed E-state index contributed by atoms with van der Waals surface area (Å²) in [6.45, 7) is -0.446. The smallest absolute Gasteiger partial charge is 0.325 e. The molecule has 0 aliphatic carbocycles. The zero-order valence-electron chi connectivity index (χ0n) is 14.5. The van der Waals surface area contributed by atoms with Crippen LogP contribution < -0.4 is 0 Å². The summed E-state index contributed by atoms with van der Waals surface area (Å²) in [5.41, 5.74) is 0.714. The van der Waals surface area contributed by atoms with Crippen molar-refractivity contribution in [2.75, 3.05) is 13.7 Å². The number of Topliss-reactive ketones (excluding diaryl/α,β-unsaturated/α-hetero) is 1. The Kier molecular flexibility index (Phi) is 4.94. The molecule has 0 aromatic heterocycles. The van der Waals surface area contributed by atoms with Gasteiger partial charge < -0.3 is 19.8 Å². The summed E-state index contributed by atoms with van der Waals surface area (Å²) < 4.78 is 4.62. The number of ether oxygens (including phenoxy) is 1. The van der Waals surface area contributed by atoms with Crippen molar-refractivity contribution in [3.63, 3.8) is 0 Å². The predicted molar refractivity (Wildman–Crippen MR) is 95.6 cm³/mol. The highest BCUT2D eigenvalue weighted by Crippen LogP contribution is 2.39. The van der Waals surface area contributed by atoms with E-state index in [1.165, 1.54) is 31.4 Å². The second-order valence-corrected chi connectivity index (χ2v) is 5.96. The third-order valence-corrected chi connectivity index (χ3v) is 4.32. The Morgan fingerprint density at radius 3 is 2.30 bits per heavy atom. The monoisotopic (exact) mass is 367 g/mol. The minimum absolute atomic E-state index is 0.00623. The molecule has 0 saturated carbocycles. The first-order chi connectivity index (χ1) is 12.9. The van der Waals surface area contributed by atoms with Crippen LogP contribution in [0.1, 0.15) is 17.2 Å². The Bertz CT molecular complexity index is 917. The van der Waals surface area contributed by atoms with Gasteiger partial charge in [-0.15, -0.1) is 0 Å². The number of benzene rings is 2. The molecule has 0 spiro atoms. The van der Waals surface area contributed by atoms with Gasteiger partial charge >= 0.3 is 5.97 Å². The number of esters is 1. The number of likely N-dealkylation sites (tertiary alicyclic amines) is 1. The van der Waals surface area contributed by atoms with E-state index < -0.39 is 30.2 Å². The van der Waals surface area contributed by atoms with Gasteiger partial charge in [-0.1, -0.05) is 42.5 Å². The van der Waals surface area contributed by atoms with E-state index in [2.05, 4.69) is 4.74 Å². The molecule has 3 rings (SSSR count). The van der Waals surface area contributed by atoms with E-state index in [0.717, 1.165) is 4.90 Å². The van der Waals surface area contributed by atoms with Crippen molar-refractivity contribution in [1.82, 2.24) is 4.90 Å². The Morgan fingerprint density at radius 1 is 1.07 bits per heavy atom. The number of carbonyl (C=O) groups is 3. The normalized spacial score (nSPS) is 18.6. The Balaban J connectivity index is 2.17. The fourth-order valence-electron chi connectivity index (χ4n) is 3.00. The van der Waals surface area contributed by atoms with Gasteiger partial charge in [0.1, 0.15) is 18.1 Å². The lowest BCUT2D eigenvalue weighted by Gasteiger charge is -2.24. The van der Waals surface area contributed by atoms with Gasteiger partial charge in [-0.2, -0.15) is 0 Å². The summed E-state index contributed by atoms with van der Waals surface area (Å²) in [7, 11) is 1.18. The molecule has 0 radical (unpaired) electrons. The number of carbonyl (C=O) groups excluding carboxylic acids is 3. The number of phenolic OH excluding ortho intramolecular Hbond substituents is 1. The van der Waals surface area contributed by atoms with E-state index >= 15 is 0 Å². The highest BCUT2D eigenvalue weighted by Gasteiger charge is 2.46. The SMILES string of the molecule is COC(=O)CN1C(=O)C(=O)C(=C(O)c2ccccc2)C1c1ccc(O)cc1. The number of ketones is 1. The predicted octanol–water partition coefficient (Wildman–Crippen LogP) is 1.99. The minimum atomic E-state index is -0.982. The van der Waals surface area contributed by atoms with Crippen molar-refractivity contribution >= 4 is 23.4 Å². The summed E-state index contributed by atoms with van der Waals surface area (Å²) in [5, 5.41) is 20.2. The summed E-state index contributed by atoms with van der Waals surface area (Å²) in [6.07, 6.45) is 0. The second-order valence-electron chi connectivity index (χ2n) is 5.96. The topological polar surface area (TPSA) is 104 Å². The summed E-state index contributed by atoms with van der Waals surface area (Å²) in [5.74, 6) is -2.82. The molecular formula is C20H17NO6. The molecule has 2 aromatic rings. The number of hydrogen-bond donors (Lipinski definition) is 2. The van der Waals surface area contributed by atoms with E-state index in [1.807, 2.05) is 0 Å². The largest absolute Gasteiger partial charge is 0.508 e. The Labute approximate surface area is 155 Å². The molecule has 138 valence electrons. The van der Waals surface area contributed by atoms with Crippen LogP contribution in [0.5, 0.6) is 5.75 Å². The van der Waals surface area contributed by atoms with Crippen LogP contribution in [-0.2, 0) is 19.1 Å². The number of amides is 1. The highest BCUT2D eigenvalue weighted by atomic mass is 16.5. The average molecular weight is 367 g/mol. The van der Waals surface area contributed by atoms with Crippen molar-refractivity contribution in [2.45, 2.75) is 6.04 Å². The fourth-order valence-corrected chi connectivity index (χ4v) is 3.00. The number of hydrogen-bond acceptors (Lipinski definition) is 6. The lowest BCUT2D eigenvalue weighted by molar-refractivity contribution is -0.148. The quantitative estimate of drug-likeness (QED) is 0.371. The number of aromatic hydroxyl groups is 1. The lowest BCUT2D eigenvalue weighted by Crippen LogP contribution is -2.35. The van der Waals surface area contributed by atoms with Crippen LogP contribution in [0.25, 0.3) is 5.76 Å². The maximum Gasteiger partial charge on any atom is 0.325 e. The third kappa shape index (κ3) is 3.39. The molecule has 1 aliphatic rings. The Morgan fingerprint density at radius 2 is 1.70 bits per heavy atom. The van der Waals surface area contributed by atoms with Crippen LogP contribution in [0.15, 0.2) is 60.2 Å². The van der Waals surface area contributed by atoms with E-state index in [1.54, 1.807) is 30.3 Å². The summed E-state index contributed by atoms with van der Waals surface area (Å²) >= 11 is 0. The van der Waals surface area contributed by atoms with Gasteiger partial charge in [0, 0.05) is 5.56 Å². The fraction of sp³-hybridized carbons (Fsp3) is 0.150. The number of aliphatic hydroxyl groups excluding tert-OH is 1. The van der Waals surface area contributed by atoms with Crippen LogP contribution in [0, 0.1) is 0 Å². The number of rotatable bonds is 4. The zero-order valence-corrected chi connectivity index (χ0v) is 14.5. The molecule has 1 heterocycles. The zero-order chi connectivity index (χ0) is 19.6. The van der Waals surface area contributed by atoms with Gasteiger partial charge in [0.25, 0.3) is 11.7 Å². The second kappa shape index (κ2) is 7.33. The van der Waals surface area contributed by atoms with Gasteiger partial charge in [-0.05, 0) is 17.7 Å². The van der Waals surface area contributed by atoms with Crippen molar-refractivity contribution in [2.24, 2.45) is 0 Å². The van der Waals surface area contributed by atoms with E-state index in [4.69, 9.17) is 0 Å². The summed E-state index contributed by atoms with van der Waals surface area (Å²) in [6, 6.07) is 13.2. The standard InChI is InChI=1S/C20H17NO6/c1-27-15(23)11-21-17(12-7-9-14(22)10-8-12)16(19(25)20(21)26)18(24)13-5-3-2-4-6-13/h2-10,17,22,24H,11H2,1H3. The molecule has 1 atom stereocenters. The van der Waals surface area contributed by atoms with Gasteiger partial charge in [-0.25, -0.2) is 0 Å². The van der Waals surface area contributed by atoms with Crippen molar-refractivity contribution in [3.05, 3.63) is 71.3 Å². The number of methoxy groups -OCH3 is 1. The van der Waals surface area contributed by atoms with E-state index in [-0.39, 0.29) is 17.1 Å². The first kappa shape index (κ1) is 18.2. The maximum atomic E-state index is 12.6. The average Bonchev–Trinajstić information content (AvgIpc) is 2.93. The molecule has 1 fully saturated rings. The number of nitrogens with zero attached hydrogens (tertiary/aromatic N) is 1. The van der Waals surface area contributed by atoms with Gasteiger partial charge in [0.05, 0.1) is 18.7 Å². The van der Waals surface area contributed by atoms with Crippen LogP contribution in [-0.4, -0.2) is 46.4 Å². The molecular weight excluding hydrogens is 350 g/mol. The molecule has 1 saturated heterocycles. The van der Waals surface area contributed by atoms with Crippen molar-refractivity contribution in [1.29, 1.82) is 0 Å². The first-order valence-electron chi connectivity index (χ1n) is 8.13. The molecule has 7 heteroatoms. The van der Waals surface area contributed by atoms with Crippen LogP contribution in [0.3, 0.4) is 0 Å². The molecule has 0 bridgehead atoms. The van der Waals surface area contributed by atoms with Crippen molar-refractivity contribution < 1.29 is 29.3 Å². The molecule has 27 heavy (non-hydrogen) atoms. The number of phenols is 1. The van der Waals surface area contributed by atoms with Gasteiger partial charge in [0.2, 0.25) is 0 Å².